The van der Waals surface area contributed by atoms with Gasteiger partial charge in [0.15, 0.2) is 0 Å². The molecule has 0 radical (unpaired) electrons. The number of ether oxygens (including phenoxy) is 1. The molecule has 8 heteroatoms. The summed E-state index contributed by atoms with van der Waals surface area (Å²) in [4.78, 5) is 37.1. The van der Waals surface area contributed by atoms with Crippen molar-refractivity contribution in [3.63, 3.8) is 0 Å². The number of anilines is 2. The van der Waals surface area contributed by atoms with E-state index in [2.05, 4.69) is 10.6 Å². The quantitative estimate of drug-likeness (QED) is 0.415. The minimum absolute atomic E-state index is 0.174. The Morgan fingerprint density at radius 1 is 0.969 bits per heavy atom. The van der Waals surface area contributed by atoms with Crippen molar-refractivity contribution >= 4 is 39.8 Å². The Hall–Kier alpha value is -3.65. The number of hydrogen-bond acceptors (Lipinski definition) is 5. The second-order valence-corrected chi connectivity index (χ2v) is 8.00. The number of carbonyl (C=O) groups is 3. The summed E-state index contributed by atoms with van der Waals surface area (Å²) in [6, 6.07) is 16.6. The minimum atomic E-state index is -1.05. The predicted octanol–water partition coefficient (Wildman–Crippen LogP) is 5.18. The van der Waals surface area contributed by atoms with Crippen molar-refractivity contribution in [1.82, 2.24) is 0 Å². The molecule has 2 aromatic carbocycles. The number of benzene rings is 2. The van der Waals surface area contributed by atoms with Crippen LogP contribution in [-0.2, 0) is 9.59 Å². The molecular weight excluding hydrogens is 428 g/mol. The first kappa shape index (κ1) is 23.0. The number of carbonyl (C=O) groups excluding carboxylic acids is 2. The van der Waals surface area contributed by atoms with Crippen LogP contribution < -0.4 is 15.4 Å². The average Bonchev–Trinajstić information content (AvgIpc) is 3.10. The van der Waals surface area contributed by atoms with E-state index in [0.29, 0.717) is 28.6 Å². The van der Waals surface area contributed by atoms with Gasteiger partial charge in [0, 0.05) is 17.0 Å². The van der Waals surface area contributed by atoms with Gasteiger partial charge in [0.2, 0.25) is 5.91 Å². The molecule has 0 atom stereocenters. The van der Waals surface area contributed by atoms with E-state index < -0.39 is 11.9 Å². The molecule has 0 aliphatic carbocycles. The average molecular weight is 453 g/mol. The normalized spacial score (nSPS) is 10.4. The molecule has 3 N–H and O–H groups in total. The summed E-state index contributed by atoms with van der Waals surface area (Å²) in [7, 11) is 0. The second-order valence-electron chi connectivity index (χ2n) is 6.98. The van der Waals surface area contributed by atoms with Crippen molar-refractivity contribution in [1.29, 1.82) is 0 Å². The van der Waals surface area contributed by atoms with Crippen LogP contribution in [-0.4, -0.2) is 29.5 Å². The van der Waals surface area contributed by atoms with E-state index in [1.54, 1.807) is 24.3 Å². The third-order valence-corrected chi connectivity index (χ3v) is 5.91. The molecule has 7 nitrogen and oxygen atoms in total. The lowest BCUT2D eigenvalue weighted by Crippen LogP contribution is -2.18. The summed E-state index contributed by atoms with van der Waals surface area (Å²) in [5.41, 5.74) is 2.61. The molecule has 0 unspecified atom stereocenters. The predicted molar refractivity (Wildman–Crippen MR) is 126 cm³/mol. The number of aliphatic carboxylic acids is 1. The van der Waals surface area contributed by atoms with Gasteiger partial charge in [-0.1, -0.05) is 30.3 Å². The number of thiophene rings is 1. The maximum absolute atomic E-state index is 13.2. The number of carboxylic acids is 1. The fourth-order valence-electron chi connectivity index (χ4n) is 3.14. The zero-order valence-electron chi connectivity index (χ0n) is 17.8. The lowest BCUT2D eigenvalue weighted by atomic mass is 10.1. The molecule has 0 aliphatic rings. The van der Waals surface area contributed by atoms with Crippen molar-refractivity contribution in [2.75, 3.05) is 17.2 Å². The molecule has 0 spiro atoms. The van der Waals surface area contributed by atoms with Crippen LogP contribution in [0.5, 0.6) is 5.75 Å². The first-order chi connectivity index (χ1) is 15.4. The molecule has 0 fully saturated rings. The molecule has 0 saturated heterocycles. The Morgan fingerprint density at radius 2 is 1.66 bits per heavy atom. The zero-order valence-corrected chi connectivity index (χ0v) is 18.6. The summed E-state index contributed by atoms with van der Waals surface area (Å²) < 4.78 is 5.42. The van der Waals surface area contributed by atoms with E-state index in [0.717, 1.165) is 16.0 Å². The van der Waals surface area contributed by atoms with E-state index >= 15 is 0 Å². The number of carboxylic acid groups (broad SMARTS) is 1. The number of hydrogen-bond donors (Lipinski definition) is 3. The minimum Gasteiger partial charge on any atom is -0.494 e. The van der Waals surface area contributed by atoms with Crippen LogP contribution in [0.3, 0.4) is 0 Å². The summed E-state index contributed by atoms with van der Waals surface area (Å²) in [6.45, 7) is 4.28. The van der Waals surface area contributed by atoms with Crippen LogP contribution in [0.25, 0.3) is 10.4 Å². The van der Waals surface area contributed by atoms with E-state index in [1.807, 2.05) is 44.2 Å². The number of rotatable bonds is 9. The van der Waals surface area contributed by atoms with Crippen molar-refractivity contribution in [2.24, 2.45) is 0 Å². The summed E-state index contributed by atoms with van der Waals surface area (Å²) in [6.07, 6.45) is -0.456. The van der Waals surface area contributed by atoms with Gasteiger partial charge >= 0.3 is 5.97 Å². The molecule has 1 heterocycles. The fourth-order valence-corrected chi connectivity index (χ4v) is 4.37. The third-order valence-electron chi connectivity index (χ3n) is 4.65. The van der Waals surface area contributed by atoms with Crippen molar-refractivity contribution in [3.8, 4) is 16.2 Å². The van der Waals surface area contributed by atoms with Gasteiger partial charge in [0.25, 0.3) is 5.91 Å². The van der Waals surface area contributed by atoms with Crippen LogP contribution in [0.15, 0.2) is 54.6 Å². The molecule has 0 saturated carbocycles. The lowest BCUT2D eigenvalue weighted by molar-refractivity contribution is -0.138. The van der Waals surface area contributed by atoms with Gasteiger partial charge in [-0.25, -0.2) is 0 Å². The van der Waals surface area contributed by atoms with Gasteiger partial charge in [-0.2, -0.15) is 0 Å². The Kier molecular flexibility index (Phi) is 7.62. The van der Waals surface area contributed by atoms with Gasteiger partial charge < -0.3 is 20.5 Å². The van der Waals surface area contributed by atoms with Gasteiger partial charge in [-0.05, 0) is 49.2 Å². The van der Waals surface area contributed by atoms with Gasteiger partial charge in [-0.15, -0.1) is 11.3 Å². The number of nitrogens with one attached hydrogen (secondary N) is 2. The Balaban J connectivity index is 1.90. The van der Waals surface area contributed by atoms with Crippen LogP contribution in [0.1, 0.15) is 35.7 Å². The standard InChI is InChI=1S/C24H24N2O5S/c1-3-31-18-11-9-17(10-12-18)25-23(30)21-15(2)22(16-7-5-4-6-8-16)32-24(21)26-19(27)13-14-20(28)29/h4-12H,3,13-14H2,1-2H3,(H,25,30)(H,26,27)(H,28,29). The van der Waals surface area contributed by atoms with Crippen molar-refractivity contribution < 1.29 is 24.2 Å². The fraction of sp³-hybridized carbons (Fsp3) is 0.208. The summed E-state index contributed by atoms with van der Waals surface area (Å²) in [5, 5.41) is 14.8. The van der Waals surface area contributed by atoms with Gasteiger partial charge in [0.1, 0.15) is 10.8 Å². The summed E-state index contributed by atoms with van der Waals surface area (Å²) in [5.74, 6) is -1.17. The largest absolute Gasteiger partial charge is 0.494 e. The highest BCUT2D eigenvalue weighted by Crippen LogP contribution is 2.40. The molecule has 3 aromatic rings. The third kappa shape index (κ3) is 5.73. The first-order valence-electron chi connectivity index (χ1n) is 10.1. The van der Waals surface area contributed by atoms with Crippen LogP contribution >= 0.6 is 11.3 Å². The van der Waals surface area contributed by atoms with E-state index in [9.17, 15) is 14.4 Å². The maximum atomic E-state index is 13.2. The highest BCUT2D eigenvalue weighted by Gasteiger charge is 2.23. The molecule has 0 aliphatic heterocycles. The molecule has 3 rings (SSSR count). The molecular formula is C24H24N2O5S. The van der Waals surface area contributed by atoms with Crippen molar-refractivity contribution in [2.45, 2.75) is 26.7 Å². The van der Waals surface area contributed by atoms with E-state index in [-0.39, 0.29) is 18.7 Å². The zero-order chi connectivity index (χ0) is 23.1. The maximum Gasteiger partial charge on any atom is 0.303 e. The lowest BCUT2D eigenvalue weighted by Gasteiger charge is -2.10. The molecule has 2 amide bonds. The van der Waals surface area contributed by atoms with Gasteiger partial charge in [0.05, 0.1) is 18.6 Å². The highest BCUT2D eigenvalue weighted by molar-refractivity contribution is 7.20. The molecule has 32 heavy (non-hydrogen) atoms. The molecule has 166 valence electrons. The monoisotopic (exact) mass is 452 g/mol. The van der Waals surface area contributed by atoms with Crippen LogP contribution in [0.2, 0.25) is 0 Å². The topological polar surface area (TPSA) is 105 Å². The van der Waals surface area contributed by atoms with Crippen LogP contribution in [0.4, 0.5) is 10.7 Å². The Morgan fingerprint density at radius 3 is 2.28 bits per heavy atom. The molecule has 0 bridgehead atoms. The van der Waals surface area contributed by atoms with E-state index in [4.69, 9.17) is 9.84 Å². The second kappa shape index (κ2) is 10.6. The Labute approximate surface area is 190 Å². The van der Waals surface area contributed by atoms with E-state index in [1.165, 1.54) is 11.3 Å². The number of amides is 2. The summed E-state index contributed by atoms with van der Waals surface area (Å²) >= 11 is 1.29. The van der Waals surface area contributed by atoms with Gasteiger partial charge in [-0.3, -0.25) is 14.4 Å². The molecule has 1 aromatic heterocycles. The van der Waals surface area contributed by atoms with Crippen molar-refractivity contribution in [3.05, 3.63) is 65.7 Å². The Bertz CT molecular complexity index is 1110. The van der Waals surface area contributed by atoms with Crippen LogP contribution in [0, 0.1) is 6.92 Å². The highest BCUT2D eigenvalue weighted by atomic mass is 32.1. The first-order valence-corrected chi connectivity index (χ1v) is 10.9. The smallest absolute Gasteiger partial charge is 0.303 e. The SMILES string of the molecule is CCOc1ccc(NC(=O)c2c(NC(=O)CCC(=O)O)sc(-c3ccccc3)c2C)cc1.